The van der Waals surface area contributed by atoms with Gasteiger partial charge in [-0.1, -0.05) is 0 Å². The normalized spacial score (nSPS) is 27.6. The molecule has 1 rings (SSSR count). The predicted molar refractivity (Wildman–Crippen MR) is 46.7 cm³/mol. The van der Waals surface area contributed by atoms with Crippen LogP contribution in [0.15, 0.2) is 0 Å². The second-order valence-corrected chi connectivity index (χ2v) is 3.52. The molecular weight excluding hydrogens is 164 g/mol. The van der Waals surface area contributed by atoms with E-state index in [2.05, 4.69) is 19.2 Å². The number of nitrogens with one attached hydrogen (secondary N) is 1. The van der Waals surface area contributed by atoms with Crippen LogP contribution in [0.2, 0.25) is 0 Å². The largest absolute Gasteiger partial charge is 0.368 e. The smallest absolute Gasteiger partial charge is 0.234 e. The van der Waals surface area contributed by atoms with Crippen LogP contribution in [-0.2, 0) is 4.79 Å². The van der Waals surface area contributed by atoms with Crippen molar-refractivity contribution in [1.82, 2.24) is 5.32 Å². The second-order valence-electron chi connectivity index (χ2n) is 3.52. The van der Waals surface area contributed by atoms with Crippen LogP contribution in [0.3, 0.4) is 0 Å². The fourth-order valence-corrected chi connectivity index (χ4v) is 1.33. The number of nitrogens with two attached hydrogens (primary N) is 1. The average molecular weight is 179 g/mol. The minimum atomic E-state index is -0.231. The Morgan fingerprint density at radius 2 is 2.18 bits per heavy atom. The van der Waals surface area contributed by atoms with Crippen LogP contribution in [-0.4, -0.2) is 17.5 Å². The molecule has 1 atom stereocenters. The third-order valence-electron chi connectivity index (χ3n) is 1.97. The summed E-state index contributed by atoms with van der Waals surface area (Å²) in [6, 6.07) is -0.102. The Kier molecular flexibility index (Phi) is 3.32. The lowest BCUT2D eigenvalue weighted by molar-refractivity contribution is -0.119. The maximum absolute atomic E-state index is 10.6. The van der Waals surface area contributed by atoms with Gasteiger partial charge in [0.2, 0.25) is 5.91 Å². The zero-order valence-corrected chi connectivity index (χ0v) is 7.70. The van der Waals surface area contributed by atoms with Crippen molar-refractivity contribution in [3.05, 3.63) is 0 Å². The molecule has 1 saturated heterocycles. The highest BCUT2D eigenvalue weighted by Crippen LogP contribution is 2.21. The first-order chi connectivity index (χ1) is 4.51. The van der Waals surface area contributed by atoms with Gasteiger partial charge < -0.3 is 11.1 Å². The Morgan fingerprint density at radius 3 is 2.36 bits per heavy atom. The summed E-state index contributed by atoms with van der Waals surface area (Å²) in [5.41, 5.74) is 5.21. The number of hydrogen-bond acceptors (Lipinski definition) is 2. The van der Waals surface area contributed by atoms with E-state index in [1.54, 1.807) is 0 Å². The maximum atomic E-state index is 10.6. The summed E-state index contributed by atoms with van der Waals surface area (Å²) in [4.78, 5) is 10.6. The molecule has 4 heteroatoms. The number of carbonyl (C=O) groups excluding carboxylic acids is 1. The van der Waals surface area contributed by atoms with Gasteiger partial charge in [-0.15, -0.1) is 12.4 Å². The van der Waals surface area contributed by atoms with E-state index >= 15 is 0 Å². The van der Waals surface area contributed by atoms with Crippen molar-refractivity contribution in [3.8, 4) is 0 Å². The predicted octanol–water partition coefficient (Wildman–Crippen LogP) is 0.424. The van der Waals surface area contributed by atoms with E-state index < -0.39 is 0 Å². The zero-order valence-electron chi connectivity index (χ0n) is 6.89. The molecule has 0 aliphatic carbocycles. The van der Waals surface area contributed by atoms with E-state index in [9.17, 15) is 4.79 Å². The Labute approximate surface area is 73.1 Å². The zero-order chi connectivity index (χ0) is 7.78. The van der Waals surface area contributed by atoms with Crippen LogP contribution in [0.1, 0.15) is 26.7 Å². The lowest BCUT2D eigenvalue weighted by Crippen LogP contribution is -2.44. The summed E-state index contributed by atoms with van der Waals surface area (Å²) < 4.78 is 0. The third-order valence-corrected chi connectivity index (χ3v) is 1.97. The highest BCUT2D eigenvalue weighted by atomic mass is 35.5. The Bertz CT molecular complexity index is 159. The van der Waals surface area contributed by atoms with Gasteiger partial charge in [-0.05, 0) is 26.7 Å². The van der Waals surface area contributed by atoms with Gasteiger partial charge in [0.05, 0.1) is 6.04 Å². The molecule has 1 fully saturated rings. The van der Waals surface area contributed by atoms with Crippen LogP contribution in [0, 0.1) is 0 Å². The first kappa shape index (κ1) is 10.7. The van der Waals surface area contributed by atoms with Gasteiger partial charge in [0.1, 0.15) is 0 Å². The Hall–Kier alpha value is -0.280. The molecule has 0 aromatic heterocycles. The van der Waals surface area contributed by atoms with E-state index in [1.807, 2.05) is 0 Å². The van der Waals surface area contributed by atoms with E-state index in [0.29, 0.717) is 0 Å². The van der Waals surface area contributed by atoms with E-state index in [-0.39, 0.29) is 29.9 Å². The van der Waals surface area contributed by atoms with Crippen molar-refractivity contribution < 1.29 is 4.79 Å². The first-order valence-electron chi connectivity index (χ1n) is 3.58. The number of hydrogen-bond donors (Lipinski definition) is 2. The number of carbonyl (C=O) groups is 1. The highest BCUT2D eigenvalue weighted by molar-refractivity contribution is 5.85. The standard InChI is InChI=1S/C7H14N2O.ClH/c1-7(2)4-3-5(9-7)6(8)10;/h5,9H,3-4H2,1-2H3,(H2,8,10);1H. The van der Waals surface area contributed by atoms with Gasteiger partial charge in [0, 0.05) is 5.54 Å². The van der Waals surface area contributed by atoms with Crippen molar-refractivity contribution in [2.75, 3.05) is 0 Å². The van der Waals surface area contributed by atoms with Crippen molar-refractivity contribution in [3.63, 3.8) is 0 Å². The van der Waals surface area contributed by atoms with Crippen LogP contribution < -0.4 is 11.1 Å². The van der Waals surface area contributed by atoms with E-state index in [1.165, 1.54) is 0 Å². The van der Waals surface area contributed by atoms with Gasteiger partial charge in [0.25, 0.3) is 0 Å². The Balaban J connectivity index is 0.000001000. The molecule has 0 spiro atoms. The van der Waals surface area contributed by atoms with E-state index in [4.69, 9.17) is 5.73 Å². The van der Waals surface area contributed by atoms with Crippen LogP contribution in [0.4, 0.5) is 0 Å². The molecule has 0 saturated carbocycles. The van der Waals surface area contributed by atoms with Gasteiger partial charge in [-0.2, -0.15) is 0 Å². The number of primary amides is 1. The lowest BCUT2D eigenvalue weighted by Gasteiger charge is -2.18. The molecule has 1 unspecified atom stereocenters. The number of rotatable bonds is 1. The molecule has 11 heavy (non-hydrogen) atoms. The molecule has 1 aliphatic rings. The summed E-state index contributed by atoms with van der Waals surface area (Å²) >= 11 is 0. The molecule has 1 amide bonds. The number of halogens is 1. The quantitative estimate of drug-likeness (QED) is 0.612. The fourth-order valence-electron chi connectivity index (χ4n) is 1.33. The molecule has 3 nitrogen and oxygen atoms in total. The second kappa shape index (κ2) is 3.41. The third kappa shape index (κ3) is 2.67. The molecule has 0 aromatic carbocycles. The monoisotopic (exact) mass is 178 g/mol. The van der Waals surface area contributed by atoms with Crippen LogP contribution in [0.5, 0.6) is 0 Å². The van der Waals surface area contributed by atoms with Crippen molar-refractivity contribution in [2.45, 2.75) is 38.3 Å². The molecule has 1 heterocycles. The molecule has 0 bridgehead atoms. The summed E-state index contributed by atoms with van der Waals surface area (Å²) in [6.07, 6.45) is 1.91. The fraction of sp³-hybridized carbons (Fsp3) is 0.857. The summed E-state index contributed by atoms with van der Waals surface area (Å²) in [6.45, 7) is 4.16. The topological polar surface area (TPSA) is 55.1 Å². The summed E-state index contributed by atoms with van der Waals surface area (Å²) in [5.74, 6) is -0.231. The number of amides is 1. The van der Waals surface area contributed by atoms with Crippen molar-refractivity contribution in [2.24, 2.45) is 5.73 Å². The minimum absolute atomic E-state index is 0. The highest BCUT2D eigenvalue weighted by Gasteiger charge is 2.32. The lowest BCUT2D eigenvalue weighted by atomic mass is 10.0. The van der Waals surface area contributed by atoms with Crippen molar-refractivity contribution in [1.29, 1.82) is 0 Å². The summed E-state index contributed by atoms with van der Waals surface area (Å²) in [5, 5.41) is 3.16. The van der Waals surface area contributed by atoms with Crippen molar-refractivity contribution >= 4 is 18.3 Å². The maximum Gasteiger partial charge on any atom is 0.234 e. The van der Waals surface area contributed by atoms with Gasteiger partial charge in [-0.3, -0.25) is 4.79 Å². The Morgan fingerprint density at radius 1 is 1.64 bits per heavy atom. The molecule has 66 valence electrons. The molecular formula is C7H15ClN2O. The van der Waals surface area contributed by atoms with E-state index in [0.717, 1.165) is 12.8 Å². The molecule has 0 aromatic rings. The van der Waals surface area contributed by atoms with Gasteiger partial charge >= 0.3 is 0 Å². The first-order valence-corrected chi connectivity index (χ1v) is 3.58. The van der Waals surface area contributed by atoms with Gasteiger partial charge in [0.15, 0.2) is 0 Å². The minimum Gasteiger partial charge on any atom is -0.368 e. The SMILES string of the molecule is CC1(C)CCC(C(N)=O)N1.Cl. The molecule has 0 radical (unpaired) electrons. The van der Waals surface area contributed by atoms with Crippen LogP contribution in [0.25, 0.3) is 0 Å². The molecule has 1 aliphatic heterocycles. The average Bonchev–Trinajstić information content (AvgIpc) is 2.10. The molecule has 3 N–H and O–H groups in total. The van der Waals surface area contributed by atoms with Crippen LogP contribution >= 0.6 is 12.4 Å². The summed E-state index contributed by atoms with van der Waals surface area (Å²) in [7, 11) is 0. The van der Waals surface area contributed by atoms with Gasteiger partial charge in [-0.25, -0.2) is 0 Å².